The molecule has 0 amide bonds. The van der Waals surface area contributed by atoms with Crippen LogP contribution in [0.1, 0.15) is 370 Å². The van der Waals surface area contributed by atoms with Crippen LogP contribution < -0.4 is 0 Å². The van der Waals surface area contributed by atoms with Crippen LogP contribution in [0.15, 0.2) is 176 Å². The van der Waals surface area contributed by atoms with Crippen LogP contribution in [0.3, 0.4) is 0 Å². The third-order valence-corrected chi connectivity index (χ3v) is 28.3. The molecule has 4 aliphatic heterocycles. The van der Waals surface area contributed by atoms with E-state index in [0.717, 1.165) is 191 Å². The highest BCUT2D eigenvalue weighted by atomic mass is 14.8. The number of benzene rings is 6. The zero-order chi connectivity index (χ0) is 92.3. The fourth-order valence-electron chi connectivity index (χ4n) is 21.0. The first-order valence-electron chi connectivity index (χ1n) is 52.9. The lowest BCUT2D eigenvalue weighted by Crippen LogP contribution is -1.96. The van der Waals surface area contributed by atoms with E-state index in [4.69, 9.17) is 19.9 Å². The van der Waals surface area contributed by atoms with E-state index in [1.807, 2.05) is 0 Å². The Balaban J connectivity index is 0.00000740. The normalized spacial score (nSPS) is 12.3. The second kappa shape index (κ2) is 48.1. The maximum atomic E-state index is 6.03. The van der Waals surface area contributed by atoms with E-state index < -0.39 is 0 Å². The Bertz CT molecular complexity index is 6230. The molecule has 16 rings (SSSR count). The van der Waals surface area contributed by atoms with E-state index in [0.29, 0.717) is 6.42 Å². The van der Waals surface area contributed by atoms with E-state index >= 15 is 0 Å². The lowest BCUT2D eigenvalue weighted by Gasteiger charge is -2.12. The lowest BCUT2D eigenvalue weighted by molar-refractivity contribution is 0.661. The second-order valence-corrected chi connectivity index (χ2v) is 39.3. The van der Waals surface area contributed by atoms with Crippen LogP contribution in [0.4, 0.5) is 0 Å². The standard InChI is InChI=1S/C126H150N8.2H2/c1-10-18-26-34-42-90-74-91(43-35-27-19-11-2)79-100(78-90)123-109-60-58-104(127-109)87-105-59-61-110(128-105)124(101-80-92(44-36-28-20-12-3)75-93(81-101)45-37-29-21-13-4)118-71-67-114(132-118)122(113-66-70-117(123)131-113)99-56-52-89(53-57-99)86-106-107-62-64-115(129-107)125(102-82-94(46-38-30-22-14-5)76-95(83-102)47-39-31-23-15-6)119-72-68-111(133-119)121(98-54-50-88(9)51-55-98)112-69-73-120(134-112)126(116-65-63-108(106)130-116)103-84-96(48-40-32-24-16-7)77-97(85-103)49-41-33-25-17-8;;/h50-85,87,127,129,132,134H,10-49,86H2,1-9H3;2*1H. The van der Waals surface area contributed by atoms with Gasteiger partial charge in [0.2, 0.25) is 0 Å². The highest BCUT2D eigenvalue weighted by Gasteiger charge is 2.25. The summed E-state index contributed by atoms with van der Waals surface area (Å²) in [4.78, 5) is 40.1. The van der Waals surface area contributed by atoms with Gasteiger partial charge in [0, 0.05) is 92.4 Å². The highest BCUT2D eigenvalue weighted by molar-refractivity contribution is 6.01. The van der Waals surface area contributed by atoms with Gasteiger partial charge in [0.25, 0.3) is 0 Å². The molecule has 0 atom stereocenters. The summed E-state index contributed by atoms with van der Waals surface area (Å²) in [5, 5.41) is 0. The van der Waals surface area contributed by atoms with Gasteiger partial charge >= 0.3 is 0 Å². The highest BCUT2D eigenvalue weighted by Crippen LogP contribution is 2.43. The number of rotatable bonds is 48. The van der Waals surface area contributed by atoms with Gasteiger partial charge in [-0.05, 0) is 296 Å². The van der Waals surface area contributed by atoms with Crippen LogP contribution in [0.25, 0.3) is 160 Å². The summed E-state index contributed by atoms with van der Waals surface area (Å²) in [5.41, 5.74) is 44.1. The van der Waals surface area contributed by atoms with Gasteiger partial charge in [-0.1, -0.05) is 336 Å². The molecule has 0 radical (unpaired) electrons. The number of fused-ring (bicyclic) bond motifs is 16. The molecule has 0 unspecified atom stereocenters. The summed E-state index contributed by atoms with van der Waals surface area (Å²) in [5.74, 6) is 0. The number of nitrogens with one attached hydrogen (secondary N) is 4. The monoisotopic (exact) mass is 1780 g/mol. The van der Waals surface area contributed by atoms with Crippen molar-refractivity contribution >= 4 is 92.7 Å². The average Bonchev–Trinajstić information content (AvgIpc) is 1.62. The largest absolute Gasteiger partial charge is 0.355 e. The molecule has 0 saturated carbocycles. The van der Waals surface area contributed by atoms with E-state index in [1.165, 1.54) is 283 Å². The lowest BCUT2D eigenvalue weighted by atomic mass is 9.94. The molecule has 6 aromatic heterocycles. The van der Waals surface area contributed by atoms with Crippen LogP contribution >= 0.6 is 0 Å². The fourth-order valence-corrected chi connectivity index (χ4v) is 21.0. The first kappa shape index (κ1) is 95.7. The maximum absolute atomic E-state index is 6.03. The van der Waals surface area contributed by atoms with Crippen LogP contribution in [0.5, 0.6) is 0 Å². The third kappa shape index (κ3) is 24.6. The predicted octanol–water partition coefficient (Wildman–Crippen LogP) is 37.0. The maximum Gasteiger partial charge on any atom is 0.0737 e. The van der Waals surface area contributed by atoms with Crippen molar-refractivity contribution in [2.24, 2.45) is 0 Å². The molecule has 4 aliphatic rings. The number of aromatic amines is 4. The minimum absolute atomic E-state index is 0. The van der Waals surface area contributed by atoms with Crippen LogP contribution in [-0.4, -0.2) is 39.9 Å². The topological polar surface area (TPSA) is 115 Å². The number of unbranched alkanes of at least 4 members (excludes halogenated alkanes) is 24. The van der Waals surface area contributed by atoms with Crippen molar-refractivity contribution in [1.82, 2.24) is 39.9 Å². The Labute approximate surface area is 805 Å². The van der Waals surface area contributed by atoms with Crippen LogP contribution in [0.2, 0.25) is 0 Å². The Hall–Kier alpha value is -11.5. The molecule has 4 N–H and O–H groups in total. The minimum Gasteiger partial charge on any atom is -0.355 e. The summed E-state index contributed by atoms with van der Waals surface area (Å²) < 4.78 is 0. The van der Waals surface area contributed by atoms with Crippen molar-refractivity contribution in [2.75, 3.05) is 0 Å². The van der Waals surface area contributed by atoms with Gasteiger partial charge in [-0.2, -0.15) is 0 Å². The van der Waals surface area contributed by atoms with Gasteiger partial charge in [0.05, 0.1) is 45.6 Å². The number of H-pyrrole nitrogens is 4. The molecule has 12 aromatic rings. The third-order valence-electron chi connectivity index (χ3n) is 28.3. The van der Waals surface area contributed by atoms with Gasteiger partial charge < -0.3 is 19.9 Å². The van der Waals surface area contributed by atoms with E-state index in [9.17, 15) is 0 Å². The summed E-state index contributed by atoms with van der Waals surface area (Å²) in [6, 6.07) is 69.3. The zero-order valence-electron chi connectivity index (χ0n) is 82.6. The van der Waals surface area contributed by atoms with Crippen molar-refractivity contribution in [2.45, 2.75) is 326 Å². The Morgan fingerprint density at radius 3 is 0.761 bits per heavy atom. The summed E-state index contributed by atoms with van der Waals surface area (Å²) >= 11 is 0. The SMILES string of the molecule is CCCCCCc1cc(CCCCCC)cc(-c2c3nc(c(-c4ccc(Cc5c6nc(c(-c7cc(CCCCCC)cc(CCCCCC)c7)c7ccc([nH]7)c(-c7ccc(C)cc7)c7nc(c(-c8cc(CCCCCC)cc(CCCCCC)c8)c8ccc5[nH]8)C=C7)C=C6)cc4)c4ccc([nH]4)c(-c4cc(CCCCCC)cc(CCCCCC)c4)c4nc(cc5ccc2[nH]5)C=C4)C=C3)c1.[HH].[HH]. The van der Waals surface area contributed by atoms with Crippen LogP contribution in [0, 0.1) is 6.92 Å². The van der Waals surface area contributed by atoms with Crippen LogP contribution in [-0.2, 0) is 57.8 Å². The predicted molar refractivity (Wildman–Crippen MR) is 585 cm³/mol. The van der Waals surface area contributed by atoms with Crippen molar-refractivity contribution in [3.63, 3.8) is 0 Å². The van der Waals surface area contributed by atoms with Gasteiger partial charge in [-0.3, -0.25) is 0 Å². The average molecular weight is 1780 g/mol. The molecule has 8 heteroatoms. The smallest absolute Gasteiger partial charge is 0.0737 e. The second-order valence-electron chi connectivity index (χ2n) is 39.3. The number of hydrogen-bond donors (Lipinski definition) is 4. The first-order valence-corrected chi connectivity index (χ1v) is 52.9. The molecule has 134 heavy (non-hydrogen) atoms. The Kier molecular flexibility index (Phi) is 34.4. The molecular formula is C126H154N8. The summed E-state index contributed by atoms with van der Waals surface area (Å²) in [6.07, 6.45) is 66.2. The molecule has 0 spiro atoms. The molecule has 6 aromatic carbocycles. The Morgan fingerprint density at radius 1 is 0.201 bits per heavy atom. The van der Waals surface area contributed by atoms with Gasteiger partial charge in [-0.25, -0.2) is 19.9 Å². The fraction of sp³-hybridized carbons (Fsp3) is 0.397. The quantitative estimate of drug-likeness (QED) is 0.0284. The molecule has 0 aliphatic carbocycles. The minimum atomic E-state index is 0. The molecule has 0 saturated heterocycles. The summed E-state index contributed by atoms with van der Waals surface area (Å²) in [7, 11) is 0. The zero-order valence-corrected chi connectivity index (χ0v) is 82.6. The number of hydrogen-bond acceptors (Lipinski definition) is 4. The van der Waals surface area contributed by atoms with E-state index in [-0.39, 0.29) is 2.85 Å². The molecule has 0 fully saturated rings. The first-order chi connectivity index (χ1) is 65.9. The molecule has 8 nitrogen and oxygen atoms in total. The Morgan fingerprint density at radius 2 is 0.448 bits per heavy atom. The van der Waals surface area contributed by atoms with Crippen molar-refractivity contribution in [1.29, 1.82) is 0 Å². The molecular weight excluding hydrogens is 1630 g/mol. The summed E-state index contributed by atoms with van der Waals surface area (Å²) in [6.45, 7) is 20.7. The molecule has 10 heterocycles. The van der Waals surface area contributed by atoms with Crippen molar-refractivity contribution in [3.05, 3.63) is 283 Å². The van der Waals surface area contributed by atoms with Gasteiger partial charge in [0.15, 0.2) is 0 Å². The number of nitrogens with zero attached hydrogens (tertiary/aromatic N) is 4. The van der Waals surface area contributed by atoms with Crippen molar-refractivity contribution < 1.29 is 2.85 Å². The van der Waals surface area contributed by atoms with E-state index in [1.54, 1.807) is 0 Å². The number of aromatic nitrogens is 8. The van der Waals surface area contributed by atoms with Gasteiger partial charge in [0.1, 0.15) is 0 Å². The molecule has 698 valence electrons. The van der Waals surface area contributed by atoms with Crippen molar-refractivity contribution in [3.8, 4) is 66.8 Å². The molecule has 16 bridgehead atoms. The number of aryl methyl sites for hydroxylation is 9. The van der Waals surface area contributed by atoms with Gasteiger partial charge in [-0.15, -0.1) is 0 Å². The van der Waals surface area contributed by atoms with E-state index in [2.05, 4.69) is 307 Å².